The molecule has 0 aliphatic heterocycles. The number of ether oxygens (including phenoxy) is 2. The number of aliphatic hydroxyl groups is 1. The number of phosphoric acid groups is 1. The fraction of sp³-hybridized carbons (Fsp3) is 0.680. The van der Waals surface area contributed by atoms with Gasteiger partial charge < -0.3 is 24.0 Å². The van der Waals surface area contributed by atoms with Crippen LogP contribution in [-0.4, -0.2) is 86.1 Å². The van der Waals surface area contributed by atoms with Crippen LogP contribution in [0.5, 0.6) is 0 Å². The Hall–Kier alpha value is -2.85. The average Bonchev–Trinajstić information content (AvgIpc) is 3.21. The molecule has 2 N–H and O–H groups in total. The molecule has 0 fully saturated rings. The Bertz CT molecular complexity index is 1330. The minimum Gasteiger partial charge on any atom is -0.462 e. The number of rotatable bonds is 41. The molecule has 0 bridgehead atoms. The molecule has 2 unspecified atom stereocenters. The summed E-state index contributed by atoms with van der Waals surface area (Å²) in [6.45, 7) is 4.09. The van der Waals surface area contributed by atoms with Crippen LogP contribution in [0.2, 0.25) is 0 Å². The van der Waals surface area contributed by atoms with Gasteiger partial charge in [0.05, 0.1) is 33.9 Å². The molecule has 3 atom stereocenters. The normalized spacial score (nSPS) is 14.8. The van der Waals surface area contributed by atoms with E-state index < -0.39 is 38.6 Å². The number of phosphoric ester groups is 1. The average molecular weight is 877 g/mol. The van der Waals surface area contributed by atoms with Crippen LogP contribution in [0.15, 0.2) is 85.1 Å². The summed E-state index contributed by atoms with van der Waals surface area (Å²) in [5.74, 6) is -0.929. The zero-order chi connectivity index (χ0) is 45.1. The zero-order valence-electron chi connectivity index (χ0n) is 39.0. The summed E-state index contributed by atoms with van der Waals surface area (Å²) >= 11 is 0. The van der Waals surface area contributed by atoms with E-state index in [1.54, 1.807) is 6.08 Å². The molecule has 0 saturated carbocycles. The first-order valence-electron chi connectivity index (χ1n) is 23.4. The molecule has 350 valence electrons. The number of aliphatic hydroxyl groups excluding tert-OH is 1. The molecule has 0 aromatic carbocycles. The van der Waals surface area contributed by atoms with Crippen molar-refractivity contribution >= 4 is 19.8 Å². The Balaban J connectivity index is 4.50. The Morgan fingerprint density at radius 2 is 1.16 bits per heavy atom. The van der Waals surface area contributed by atoms with Crippen LogP contribution in [0, 0.1) is 0 Å². The van der Waals surface area contributed by atoms with Crippen LogP contribution < -0.4 is 0 Å². The number of hydrogen-bond acceptors (Lipinski definition) is 8. The van der Waals surface area contributed by atoms with E-state index in [2.05, 4.69) is 50.3 Å². The van der Waals surface area contributed by atoms with Crippen LogP contribution >= 0.6 is 7.82 Å². The van der Waals surface area contributed by atoms with Crippen molar-refractivity contribution in [3.8, 4) is 0 Å². The number of allylic oxidation sites excluding steroid dienone is 12. The molecule has 0 aromatic rings. The maximum absolute atomic E-state index is 12.7. The molecule has 0 aliphatic rings. The summed E-state index contributed by atoms with van der Waals surface area (Å²) in [5, 5.41) is 9.85. The molecule has 0 spiro atoms. The van der Waals surface area contributed by atoms with E-state index in [1.165, 1.54) is 64.2 Å². The Labute approximate surface area is 372 Å². The Kier molecular flexibility index (Phi) is 39.3. The van der Waals surface area contributed by atoms with E-state index >= 15 is 0 Å². The highest BCUT2D eigenvalue weighted by Gasteiger charge is 2.27. The quantitative estimate of drug-likeness (QED) is 0.0154. The second-order valence-electron chi connectivity index (χ2n) is 16.6. The van der Waals surface area contributed by atoms with E-state index in [0.29, 0.717) is 30.3 Å². The number of hydrogen-bond donors (Lipinski definition) is 2. The van der Waals surface area contributed by atoms with Gasteiger partial charge in [0.15, 0.2) is 6.10 Å². The number of esters is 2. The fourth-order valence-electron chi connectivity index (χ4n) is 5.82. The van der Waals surface area contributed by atoms with E-state index in [4.69, 9.17) is 18.5 Å². The third-order valence-electron chi connectivity index (χ3n) is 9.50. The summed E-state index contributed by atoms with van der Waals surface area (Å²) in [5.41, 5.74) is 0. The molecule has 0 radical (unpaired) electrons. The number of nitrogens with zero attached hydrogens (tertiary/aromatic N) is 1. The maximum atomic E-state index is 12.7. The van der Waals surface area contributed by atoms with Crippen LogP contribution in [0.25, 0.3) is 0 Å². The Morgan fingerprint density at radius 3 is 1.77 bits per heavy atom. The SMILES string of the molecule is CC/C=C\CC(O)/C=C/C=C/C/C=C\C/C=C\C/C=C\CCC(=O)O[C@H](COC(=O)CCCCCCCCC/C=C\CCCCCCCC)COP(=O)(O)OCC[N+](C)(C)C. The Morgan fingerprint density at radius 1 is 0.607 bits per heavy atom. The molecule has 0 amide bonds. The lowest BCUT2D eigenvalue weighted by Crippen LogP contribution is -2.37. The number of likely N-dealkylation sites (N-methyl/N-ethyl adjacent to an activating group) is 1. The zero-order valence-corrected chi connectivity index (χ0v) is 39.9. The van der Waals surface area contributed by atoms with Gasteiger partial charge in [0.1, 0.15) is 19.8 Å². The van der Waals surface area contributed by atoms with Crippen molar-refractivity contribution in [2.75, 3.05) is 47.5 Å². The van der Waals surface area contributed by atoms with Gasteiger partial charge >= 0.3 is 19.8 Å². The van der Waals surface area contributed by atoms with Crippen molar-refractivity contribution in [2.24, 2.45) is 0 Å². The van der Waals surface area contributed by atoms with E-state index in [9.17, 15) is 24.2 Å². The van der Waals surface area contributed by atoms with Gasteiger partial charge in [-0.2, -0.15) is 0 Å². The largest absolute Gasteiger partial charge is 0.472 e. The number of carbonyl (C=O) groups is 2. The monoisotopic (exact) mass is 877 g/mol. The first kappa shape index (κ1) is 58.1. The van der Waals surface area contributed by atoms with Crippen molar-refractivity contribution in [1.29, 1.82) is 0 Å². The van der Waals surface area contributed by atoms with Gasteiger partial charge in [-0.25, -0.2) is 4.57 Å². The number of unbranched alkanes of at least 4 members (excludes halogenated alkanes) is 13. The molecule has 0 heterocycles. The number of carbonyl (C=O) groups excluding carboxylic acids is 2. The van der Waals surface area contributed by atoms with Gasteiger partial charge in [0.25, 0.3) is 0 Å². The van der Waals surface area contributed by atoms with Crippen molar-refractivity contribution < 1.29 is 47.2 Å². The minimum absolute atomic E-state index is 0.00619. The third-order valence-corrected chi connectivity index (χ3v) is 10.5. The van der Waals surface area contributed by atoms with E-state index in [1.807, 2.05) is 63.7 Å². The van der Waals surface area contributed by atoms with Gasteiger partial charge in [-0.1, -0.05) is 163 Å². The lowest BCUT2D eigenvalue weighted by atomic mass is 10.1. The molecule has 0 aromatic heterocycles. The predicted molar refractivity (Wildman–Crippen MR) is 253 cm³/mol. The van der Waals surface area contributed by atoms with Gasteiger partial charge in [-0.15, -0.1) is 0 Å². The van der Waals surface area contributed by atoms with E-state index in [0.717, 1.165) is 51.4 Å². The third kappa shape index (κ3) is 45.0. The highest BCUT2D eigenvalue weighted by atomic mass is 31.2. The van der Waals surface area contributed by atoms with E-state index in [-0.39, 0.29) is 26.1 Å². The maximum Gasteiger partial charge on any atom is 0.472 e. The summed E-state index contributed by atoms with van der Waals surface area (Å²) in [4.78, 5) is 35.4. The fourth-order valence-corrected chi connectivity index (χ4v) is 6.57. The number of quaternary nitrogens is 1. The van der Waals surface area contributed by atoms with Gasteiger partial charge in [0, 0.05) is 12.8 Å². The second-order valence-corrected chi connectivity index (χ2v) is 18.1. The standard InChI is InChI=1S/C50H86NO9P/c1-6-8-10-11-12-13-14-15-16-17-18-21-24-27-30-33-37-41-49(53)57-45-48(46-59-61(55,56)58-44-43-51(3,4)5)60-50(54)42-38-34-31-28-25-22-19-20-23-26-29-32-36-40-47(52)39-35-9-7-2/h9,15-16,20,22-23,25,29,31-32,34-36,40,47-48,52H,6-8,10-14,17-19,21,24,26-28,30,33,37-39,41-46H2,1-5H3/p+1/b16-15-,23-20-,25-22-,32-29+,34-31-,35-9-,40-36+/t47?,48-/m1/s1. The first-order valence-corrected chi connectivity index (χ1v) is 24.9. The molecule has 61 heavy (non-hydrogen) atoms. The van der Waals surface area contributed by atoms with Crippen LogP contribution in [0.3, 0.4) is 0 Å². The highest BCUT2D eigenvalue weighted by molar-refractivity contribution is 7.47. The minimum atomic E-state index is -4.41. The summed E-state index contributed by atoms with van der Waals surface area (Å²) in [6.07, 6.45) is 49.8. The highest BCUT2D eigenvalue weighted by Crippen LogP contribution is 2.43. The summed E-state index contributed by atoms with van der Waals surface area (Å²) in [7, 11) is 1.39. The molecule has 0 saturated heterocycles. The second kappa shape index (κ2) is 41.2. The smallest absolute Gasteiger partial charge is 0.462 e. The lowest BCUT2D eigenvalue weighted by molar-refractivity contribution is -0.870. The van der Waals surface area contributed by atoms with Gasteiger partial charge in [0.2, 0.25) is 0 Å². The molecule has 10 nitrogen and oxygen atoms in total. The molecule has 0 aliphatic carbocycles. The van der Waals surface area contributed by atoms with Crippen molar-refractivity contribution in [1.82, 2.24) is 0 Å². The van der Waals surface area contributed by atoms with Crippen molar-refractivity contribution in [2.45, 2.75) is 174 Å². The van der Waals surface area contributed by atoms with Crippen LogP contribution in [0.1, 0.15) is 162 Å². The van der Waals surface area contributed by atoms with Crippen LogP contribution in [-0.2, 0) is 32.7 Å². The molecule has 0 rings (SSSR count). The lowest BCUT2D eigenvalue weighted by Gasteiger charge is -2.24. The predicted octanol–water partition coefficient (Wildman–Crippen LogP) is 12.5. The van der Waals surface area contributed by atoms with Crippen molar-refractivity contribution in [3.63, 3.8) is 0 Å². The van der Waals surface area contributed by atoms with Crippen LogP contribution in [0.4, 0.5) is 0 Å². The van der Waals surface area contributed by atoms with Crippen molar-refractivity contribution in [3.05, 3.63) is 85.1 Å². The topological polar surface area (TPSA) is 129 Å². The molecular formula is C50H87NO9P+. The van der Waals surface area contributed by atoms with Gasteiger partial charge in [-0.3, -0.25) is 18.6 Å². The first-order chi connectivity index (χ1) is 29.4. The molecular weight excluding hydrogens is 790 g/mol. The summed E-state index contributed by atoms with van der Waals surface area (Å²) < 4.78 is 34.2. The van der Waals surface area contributed by atoms with Gasteiger partial charge in [-0.05, 0) is 70.6 Å². The molecule has 11 heteroatoms. The summed E-state index contributed by atoms with van der Waals surface area (Å²) in [6, 6.07) is 0.